The zero-order chi connectivity index (χ0) is 15.8. The average molecular weight is 296 g/mol. The molecule has 0 saturated carbocycles. The van der Waals surface area contributed by atoms with Gasteiger partial charge in [0, 0.05) is 31.9 Å². The van der Waals surface area contributed by atoms with E-state index in [1.165, 1.54) is 16.8 Å². The van der Waals surface area contributed by atoms with Gasteiger partial charge in [0.1, 0.15) is 0 Å². The SMILES string of the molecule is CCN(CC)c1ccc(CN(C)CCc2ccccc2)cc1. The summed E-state index contributed by atoms with van der Waals surface area (Å²) in [5.74, 6) is 0. The lowest BCUT2D eigenvalue weighted by Crippen LogP contribution is -2.22. The lowest BCUT2D eigenvalue weighted by atomic mass is 10.1. The van der Waals surface area contributed by atoms with Crippen LogP contribution in [0.5, 0.6) is 0 Å². The molecule has 0 spiro atoms. The molecule has 0 N–H and O–H groups in total. The molecule has 2 aromatic carbocycles. The second-order valence-electron chi connectivity index (χ2n) is 5.81. The zero-order valence-electron chi connectivity index (χ0n) is 14.1. The van der Waals surface area contributed by atoms with Gasteiger partial charge in [0.25, 0.3) is 0 Å². The summed E-state index contributed by atoms with van der Waals surface area (Å²) in [6, 6.07) is 19.7. The van der Waals surface area contributed by atoms with Gasteiger partial charge in [-0.3, -0.25) is 0 Å². The second-order valence-corrected chi connectivity index (χ2v) is 5.81. The molecule has 0 aliphatic heterocycles. The Hall–Kier alpha value is -1.80. The summed E-state index contributed by atoms with van der Waals surface area (Å²) < 4.78 is 0. The van der Waals surface area contributed by atoms with Crippen molar-refractivity contribution in [3.63, 3.8) is 0 Å². The fourth-order valence-corrected chi connectivity index (χ4v) is 2.76. The van der Waals surface area contributed by atoms with Crippen LogP contribution in [0.3, 0.4) is 0 Å². The minimum absolute atomic E-state index is 1.01. The quantitative estimate of drug-likeness (QED) is 0.720. The molecule has 0 amide bonds. The van der Waals surface area contributed by atoms with Gasteiger partial charge in [0.05, 0.1) is 0 Å². The second kappa shape index (κ2) is 8.60. The first-order chi connectivity index (χ1) is 10.7. The fourth-order valence-electron chi connectivity index (χ4n) is 2.76. The summed E-state index contributed by atoms with van der Waals surface area (Å²) in [4.78, 5) is 4.77. The highest BCUT2D eigenvalue weighted by atomic mass is 15.1. The van der Waals surface area contributed by atoms with Crippen LogP contribution in [0.4, 0.5) is 5.69 Å². The lowest BCUT2D eigenvalue weighted by molar-refractivity contribution is 0.331. The lowest BCUT2D eigenvalue weighted by Gasteiger charge is -2.22. The maximum atomic E-state index is 2.39. The van der Waals surface area contributed by atoms with Crippen LogP contribution in [0.25, 0.3) is 0 Å². The average Bonchev–Trinajstić information content (AvgIpc) is 2.56. The van der Waals surface area contributed by atoms with Crippen molar-refractivity contribution < 1.29 is 0 Å². The molecular formula is C20H28N2. The third kappa shape index (κ3) is 4.88. The molecule has 118 valence electrons. The van der Waals surface area contributed by atoms with Crippen molar-refractivity contribution in [2.45, 2.75) is 26.8 Å². The van der Waals surface area contributed by atoms with Crippen molar-refractivity contribution in [1.29, 1.82) is 0 Å². The molecule has 2 nitrogen and oxygen atoms in total. The van der Waals surface area contributed by atoms with Gasteiger partial charge in [-0.1, -0.05) is 42.5 Å². The third-order valence-electron chi connectivity index (χ3n) is 4.14. The molecule has 0 aliphatic carbocycles. The third-order valence-corrected chi connectivity index (χ3v) is 4.14. The predicted octanol–water partition coefficient (Wildman–Crippen LogP) is 4.21. The monoisotopic (exact) mass is 296 g/mol. The summed E-state index contributed by atoms with van der Waals surface area (Å²) in [6.45, 7) is 8.62. The highest BCUT2D eigenvalue weighted by molar-refractivity contribution is 5.47. The molecule has 0 heterocycles. The van der Waals surface area contributed by atoms with E-state index in [1.54, 1.807) is 0 Å². The summed E-state index contributed by atoms with van der Waals surface area (Å²) in [5, 5.41) is 0. The van der Waals surface area contributed by atoms with Crippen LogP contribution in [0.1, 0.15) is 25.0 Å². The van der Waals surface area contributed by atoms with Crippen molar-refractivity contribution in [2.24, 2.45) is 0 Å². The molecule has 0 aliphatic rings. The van der Waals surface area contributed by atoms with E-state index < -0.39 is 0 Å². The summed E-state index contributed by atoms with van der Waals surface area (Å²) in [6.07, 6.45) is 1.11. The highest BCUT2D eigenvalue weighted by Gasteiger charge is 2.04. The Kier molecular flexibility index (Phi) is 6.47. The van der Waals surface area contributed by atoms with Crippen LogP contribution in [0.15, 0.2) is 54.6 Å². The Balaban J connectivity index is 1.85. The van der Waals surface area contributed by atoms with Gasteiger partial charge in [-0.25, -0.2) is 0 Å². The number of likely N-dealkylation sites (N-methyl/N-ethyl adjacent to an activating group) is 1. The van der Waals surface area contributed by atoms with E-state index in [2.05, 4.69) is 85.3 Å². The van der Waals surface area contributed by atoms with Crippen molar-refractivity contribution in [3.8, 4) is 0 Å². The molecule has 0 fully saturated rings. The van der Waals surface area contributed by atoms with Gasteiger partial charge in [-0.2, -0.15) is 0 Å². The first-order valence-electron chi connectivity index (χ1n) is 8.29. The first kappa shape index (κ1) is 16.6. The first-order valence-corrected chi connectivity index (χ1v) is 8.29. The minimum atomic E-state index is 1.01. The van der Waals surface area contributed by atoms with E-state index in [-0.39, 0.29) is 0 Å². The standard InChI is InChI=1S/C20H28N2/c1-4-22(5-2)20-13-11-19(12-14-20)17-21(3)16-15-18-9-7-6-8-10-18/h6-14H,4-5,15-17H2,1-3H3. The van der Waals surface area contributed by atoms with E-state index in [0.717, 1.165) is 32.6 Å². The molecule has 0 bridgehead atoms. The Morgan fingerprint density at radius 1 is 0.773 bits per heavy atom. The zero-order valence-corrected chi connectivity index (χ0v) is 14.1. The van der Waals surface area contributed by atoms with Crippen LogP contribution in [0, 0.1) is 0 Å². The minimum Gasteiger partial charge on any atom is -0.372 e. The van der Waals surface area contributed by atoms with Crippen molar-refractivity contribution in [2.75, 3.05) is 31.6 Å². The van der Waals surface area contributed by atoms with Gasteiger partial charge < -0.3 is 9.80 Å². The fraction of sp³-hybridized carbons (Fsp3) is 0.400. The Morgan fingerprint density at radius 3 is 2.00 bits per heavy atom. The van der Waals surface area contributed by atoms with E-state index in [1.807, 2.05) is 0 Å². The molecule has 2 rings (SSSR count). The van der Waals surface area contributed by atoms with Gasteiger partial charge in [-0.15, -0.1) is 0 Å². The normalized spacial score (nSPS) is 10.9. The summed E-state index contributed by atoms with van der Waals surface area (Å²) >= 11 is 0. The van der Waals surface area contributed by atoms with Crippen molar-refractivity contribution in [3.05, 3.63) is 65.7 Å². The predicted molar refractivity (Wildman–Crippen MR) is 96.5 cm³/mol. The number of benzene rings is 2. The molecule has 0 aromatic heterocycles. The molecule has 2 heteroatoms. The largest absolute Gasteiger partial charge is 0.372 e. The number of nitrogens with zero attached hydrogens (tertiary/aromatic N) is 2. The number of rotatable bonds is 8. The smallest absolute Gasteiger partial charge is 0.0366 e. The number of hydrogen-bond donors (Lipinski definition) is 0. The number of anilines is 1. The molecule has 0 unspecified atom stereocenters. The summed E-state index contributed by atoms with van der Waals surface area (Å²) in [5.41, 5.74) is 4.11. The van der Waals surface area contributed by atoms with Crippen LogP contribution < -0.4 is 4.90 Å². The van der Waals surface area contributed by atoms with E-state index >= 15 is 0 Å². The maximum absolute atomic E-state index is 2.39. The van der Waals surface area contributed by atoms with Gasteiger partial charge in [0.2, 0.25) is 0 Å². The van der Waals surface area contributed by atoms with E-state index in [0.29, 0.717) is 0 Å². The molecule has 0 atom stereocenters. The van der Waals surface area contributed by atoms with Gasteiger partial charge in [0.15, 0.2) is 0 Å². The highest BCUT2D eigenvalue weighted by Crippen LogP contribution is 2.15. The Bertz CT molecular complexity index is 529. The van der Waals surface area contributed by atoms with E-state index in [9.17, 15) is 0 Å². The Labute approximate surface area is 135 Å². The molecule has 0 saturated heterocycles. The van der Waals surface area contributed by atoms with Crippen LogP contribution >= 0.6 is 0 Å². The maximum Gasteiger partial charge on any atom is 0.0366 e. The molecular weight excluding hydrogens is 268 g/mol. The summed E-state index contributed by atoms with van der Waals surface area (Å²) in [7, 11) is 2.20. The molecule has 2 aromatic rings. The molecule has 22 heavy (non-hydrogen) atoms. The Morgan fingerprint density at radius 2 is 1.41 bits per heavy atom. The van der Waals surface area contributed by atoms with Crippen LogP contribution in [-0.2, 0) is 13.0 Å². The van der Waals surface area contributed by atoms with E-state index in [4.69, 9.17) is 0 Å². The van der Waals surface area contributed by atoms with Crippen molar-refractivity contribution >= 4 is 5.69 Å². The van der Waals surface area contributed by atoms with Crippen molar-refractivity contribution in [1.82, 2.24) is 4.90 Å². The van der Waals surface area contributed by atoms with Gasteiger partial charge >= 0.3 is 0 Å². The van der Waals surface area contributed by atoms with Crippen LogP contribution in [-0.4, -0.2) is 31.6 Å². The number of hydrogen-bond acceptors (Lipinski definition) is 2. The van der Waals surface area contributed by atoms with Crippen LogP contribution in [0.2, 0.25) is 0 Å². The topological polar surface area (TPSA) is 6.48 Å². The molecule has 0 radical (unpaired) electrons. The van der Waals surface area contributed by atoms with Gasteiger partial charge in [-0.05, 0) is 50.6 Å².